The van der Waals surface area contributed by atoms with Crippen LogP contribution in [-0.2, 0) is 18.4 Å². The number of carbonyl (C=O) groups is 1. The Morgan fingerprint density at radius 1 is 0.640 bits per heavy atom. The summed E-state index contributed by atoms with van der Waals surface area (Å²) in [5, 5.41) is 13.6. The lowest BCUT2D eigenvalue weighted by Crippen LogP contribution is -2.45. The van der Waals surface area contributed by atoms with E-state index in [1.807, 2.05) is 6.08 Å². The van der Waals surface area contributed by atoms with Crippen LogP contribution in [0.4, 0.5) is 0 Å². The summed E-state index contributed by atoms with van der Waals surface area (Å²) in [5.74, 6) is -0.191. The molecule has 0 aromatic heterocycles. The van der Waals surface area contributed by atoms with Crippen molar-refractivity contribution < 1.29 is 28.4 Å². The Hall–Kier alpha value is -0.760. The van der Waals surface area contributed by atoms with Gasteiger partial charge in [0, 0.05) is 13.0 Å². The summed E-state index contributed by atoms with van der Waals surface area (Å²) >= 11 is 0. The molecule has 0 aliphatic rings. The summed E-state index contributed by atoms with van der Waals surface area (Å²) in [7, 11) is -4.33. The van der Waals surface area contributed by atoms with E-state index >= 15 is 0 Å². The lowest BCUT2D eigenvalue weighted by molar-refractivity contribution is -0.123. The van der Waals surface area contributed by atoms with Crippen molar-refractivity contribution >= 4 is 13.7 Å². The molecule has 298 valence electrons. The Morgan fingerprint density at radius 3 is 1.42 bits per heavy atom. The number of nitrogens with one attached hydrogen (secondary N) is 1. The molecule has 0 aliphatic heterocycles. The van der Waals surface area contributed by atoms with Crippen molar-refractivity contribution in [3.05, 3.63) is 12.2 Å². The average molecular weight is 731 g/mol. The predicted octanol–water partition coefficient (Wildman–Crippen LogP) is 11.6. The Morgan fingerprint density at radius 2 is 1.02 bits per heavy atom. The number of phosphoric acid groups is 1. The van der Waals surface area contributed by atoms with Crippen LogP contribution in [0.1, 0.15) is 213 Å². The Balaban J connectivity index is 4.14. The first kappa shape index (κ1) is 49.2. The second kappa shape index (κ2) is 38.0. The molecule has 0 saturated carbocycles. The highest BCUT2D eigenvalue weighted by atomic mass is 31.2. The highest BCUT2D eigenvalue weighted by Crippen LogP contribution is 2.43. The highest BCUT2D eigenvalue weighted by molar-refractivity contribution is 7.47. The molecule has 1 unspecified atom stereocenters. The van der Waals surface area contributed by atoms with E-state index in [0.29, 0.717) is 6.42 Å². The Labute approximate surface area is 309 Å². The van der Waals surface area contributed by atoms with Crippen molar-refractivity contribution in [1.82, 2.24) is 5.32 Å². The number of carbonyl (C=O) groups excluding carboxylic acids is 1. The monoisotopic (exact) mass is 731 g/mol. The second-order valence-corrected chi connectivity index (χ2v) is 16.0. The van der Waals surface area contributed by atoms with Crippen LogP contribution in [0.2, 0.25) is 0 Å². The van der Waals surface area contributed by atoms with Gasteiger partial charge in [0.25, 0.3) is 0 Å². The molecule has 0 bridgehead atoms. The Bertz CT molecular complexity index is 799. The average Bonchev–Trinajstić information content (AvgIpc) is 3.10. The minimum absolute atomic E-state index is 0.0812. The molecule has 8 nitrogen and oxygen atoms in total. The van der Waals surface area contributed by atoms with Gasteiger partial charge in [0.05, 0.1) is 25.4 Å². The zero-order valence-electron chi connectivity index (χ0n) is 32.9. The predicted molar refractivity (Wildman–Crippen MR) is 212 cm³/mol. The van der Waals surface area contributed by atoms with Gasteiger partial charge in [-0.15, -0.1) is 0 Å². The summed E-state index contributed by atoms with van der Waals surface area (Å²) in [5.41, 5.74) is 5.36. The zero-order valence-corrected chi connectivity index (χ0v) is 33.8. The summed E-state index contributed by atoms with van der Waals surface area (Å²) < 4.78 is 22.1. The first-order chi connectivity index (χ1) is 24.4. The maximum atomic E-state index is 12.7. The van der Waals surface area contributed by atoms with E-state index in [-0.39, 0.29) is 25.7 Å². The van der Waals surface area contributed by atoms with E-state index in [9.17, 15) is 19.4 Å². The van der Waals surface area contributed by atoms with Gasteiger partial charge in [0.15, 0.2) is 0 Å². The molecule has 0 aromatic rings. The Kier molecular flexibility index (Phi) is 37.4. The first-order valence-corrected chi connectivity index (χ1v) is 22.8. The van der Waals surface area contributed by atoms with Gasteiger partial charge in [-0.25, -0.2) is 4.57 Å². The molecule has 1 amide bonds. The summed E-state index contributed by atoms with van der Waals surface area (Å²) in [6.07, 6.45) is 41.1. The fourth-order valence-electron chi connectivity index (χ4n) is 6.37. The molecule has 0 radical (unpaired) electrons. The fraction of sp³-hybridized carbons (Fsp3) is 0.927. The molecule has 0 aliphatic carbocycles. The number of rotatable bonds is 40. The smallest absolute Gasteiger partial charge is 0.387 e. The number of aliphatic hydroxyl groups excluding tert-OH is 1. The quantitative estimate of drug-likeness (QED) is 0.0280. The molecule has 5 N–H and O–H groups in total. The third-order valence-corrected chi connectivity index (χ3v) is 10.6. The minimum Gasteiger partial charge on any atom is -0.387 e. The number of unbranched alkanes of at least 4 members (excludes halogenated alkanes) is 28. The zero-order chi connectivity index (χ0) is 36.8. The topological polar surface area (TPSA) is 131 Å². The molecule has 0 spiro atoms. The number of amides is 1. The molecule has 0 saturated heterocycles. The molecular formula is C41H83N2O6P. The van der Waals surface area contributed by atoms with Gasteiger partial charge >= 0.3 is 7.82 Å². The first-order valence-electron chi connectivity index (χ1n) is 21.3. The largest absolute Gasteiger partial charge is 0.472 e. The molecular weight excluding hydrogens is 647 g/mol. The molecule has 0 aromatic carbocycles. The van der Waals surface area contributed by atoms with Crippen molar-refractivity contribution in [3.63, 3.8) is 0 Å². The van der Waals surface area contributed by atoms with Gasteiger partial charge in [-0.05, 0) is 19.3 Å². The second-order valence-electron chi connectivity index (χ2n) is 14.6. The number of aliphatic hydroxyl groups is 1. The van der Waals surface area contributed by atoms with Gasteiger partial charge < -0.3 is 21.1 Å². The number of nitrogens with two attached hydrogens (primary N) is 1. The van der Waals surface area contributed by atoms with E-state index in [1.54, 1.807) is 6.08 Å². The summed E-state index contributed by atoms with van der Waals surface area (Å²) in [4.78, 5) is 22.7. The maximum absolute atomic E-state index is 12.7. The van der Waals surface area contributed by atoms with Gasteiger partial charge in [0.2, 0.25) is 5.91 Å². The standard InChI is InChI=1S/C41H83N2O6P/c1-3-5-7-9-11-13-15-17-18-19-20-21-22-23-25-27-29-31-33-35-41(45)43-39(38-49-50(46,47)48-37-36-42)40(44)34-32-30-28-26-24-16-14-12-10-8-6-4-2/h32,34,39-40,44H,3-31,33,35-38,42H2,1-2H3,(H,43,45)(H,46,47)/b34-32+/t39-,40+/m0/s1. The van der Waals surface area contributed by atoms with Crippen LogP contribution in [0.15, 0.2) is 12.2 Å². The third kappa shape index (κ3) is 35.6. The minimum atomic E-state index is -4.33. The highest BCUT2D eigenvalue weighted by Gasteiger charge is 2.26. The maximum Gasteiger partial charge on any atom is 0.472 e. The fourth-order valence-corrected chi connectivity index (χ4v) is 7.13. The molecule has 0 heterocycles. The van der Waals surface area contributed by atoms with Crippen molar-refractivity contribution in [2.24, 2.45) is 5.73 Å². The van der Waals surface area contributed by atoms with Crippen LogP contribution >= 0.6 is 7.82 Å². The van der Waals surface area contributed by atoms with E-state index in [1.165, 1.54) is 154 Å². The normalized spacial score (nSPS) is 14.3. The molecule has 50 heavy (non-hydrogen) atoms. The number of hydrogen-bond donors (Lipinski definition) is 4. The van der Waals surface area contributed by atoms with Crippen molar-refractivity contribution in [1.29, 1.82) is 0 Å². The third-order valence-electron chi connectivity index (χ3n) is 9.61. The van der Waals surface area contributed by atoms with E-state index in [2.05, 4.69) is 19.2 Å². The van der Waals surface area contributed by atoms with Crippen LogP contribution < -0.4 is 11.1 Å². The molecule has 0 rings (SSSR count). The molecule has 3 atom stereocenters. The van der Waals surface area contributed by atoms with Gasteiger partial charge in [-0.1, -0.05) is 199 Å². The number of allylic oxidation sites excluding steroid dienone is 1. The molecule has 9 heteroatoms. The van der Waals surface area contributed by atoms with Crippen LogP contribution in [0, 0.1) is 0 Å². The van der Waals surface area contributed by atoms with Gasteiger partial charge in [0.1, 0.15) is 0 Å². The van der Waals surface area contributed by atoms with E-state index < -0.39 is 20.0 Å². The summed E-state index contributed by atoms with van der Waals surface area (Å²) in [6, 6.07) is -0.853. The SMILES string of the molecule is CCCCCCCCCCCC/C=C/[C@@H](O)[C@H](COP(=O)(O)OCCN)NC(=O)CCCCCCCCCCCCCCCCCCCCC. The van der Waals surface area contributed by atoms with Crippen LogP contribution in [0.25, 0.3) is 0 Å². The van der Waals surface area contributed by atoms with Crippen molar-refractivity contribution in [3.8, 4) is 0 Å². The number of phosphoric ester groups is 1. The van der Waals surface area contributed by atoms with Crippen molar-refractivity contribution in [2.45, 2.75) is 225 Å². The summed E-state index contributed by atoms with van der Waals surface area (Å²) in [6.45, 7) is 4.14. The lowest BCUT2D eigenvalue weighted by Gasteiger charge is -2.23. The van der Waals surface area contributed by atoms with Gasteiger partial charge in [-0.2, -0.15) is 0 Å². The number of hydrogen-bond acceptors (Lipinski definition) is 6. The van der Waals surface area contributed by atoms with E-state index in [0.717, 1.165) is 38.5 Å². The van der Waals surface area contributed by atoms with Crippen molar-refractivity contribution in [2.75, 3.05) is 19.8 Å². The van der Waals surface area contributed by atoms with Crippen LogP contribution in [-0.4, -0.2) is 47.8 Å². The van der Waals surface area contributed by atoms with Gasteiger partial charge in [-0.3, -0.25) is 13.8 Å². The lowest BCUT2D eigenvalue weighted by atomic mass is 10.0. The van der Waals surface area contributed by atoms with Crippen LogP contribution in [0.5, 0.6) is 0 Å². The molecule has 0 fully saturated rings. The van der Waals surface area contributed by atoms with Crippen LogP contribution in [0.3, 0.4) is 0 Å². The van der Waals surface area contributed by atoms with E-state index in [4.69, 9.17) is 14.8 Å².